The molecular weight excluding hydrogens is 553 g/mol. The number of aromatic nitrogens is 2. The van der Waals surface area contributed by atoms with Crippen molar-refractivity contribution in [3.63, 3.8) is 0 Å². The number of fused-ring (bicyclic) bond motifs is 1. The van der Waals surface area contributed by atoms with Gasteiger partial charge in [0.15, 0.2) is 0 Å². The molecular formula is C29H25Cl2N5O4. The van der Waals surface area contributed by atoms with Gasteiger partial charge in [-0.1, -0.05) is 47.5 Å². The van der Waals surface area contributed by atoms with E-state index in [0.717, 1.165) is 10.9 Å². The summed E-state index contributed by atoms with van der Waals surface area (Å²) in [5.41, 5.74) is 2.75. The van der Waals surface area contributed by atoms with Crippen LogP contribution < -0.4 is 20.3 Å². The van der Waals surface area contributed by atoms with E-state index in [2.05, 4.69) is 20.8 Å². The van der Waals surface area contributed by atoms with Crippen LogP contribution in [-0.2, 0) is 16.2 Å². The SMILES string of the molecule is CNC(=O)c1ccc(C=CC(=O)NCC(=O)N(C)c2ccc(Cl)c(COc3cccc4ccnnc34)c2Cl)cc1. The molecule has 0 bridgehead atoms. The molecule has 204 valence electrons. The Bertz CT molecular complexity index is 1590. The van der Waals surface area contributed by atoms with Gasteiger partial charge in [-0.25, -0.2) is 0 Å². The Balaban J connectivity index is 1.38. The van der Waals surface area contributed by atoms with Gasteiger partial charge in [-0.05, 0) is 48.0 Å². The van der Waals surface area contributed by atoms with Gasteiger partial charge >= 0.3 is 0 Å². The average Bonchev–Trinajstić information content (AvgIpc) is 2.98. The predicted molar refractivity (Wildman–Crippen MR) is 156 cm³/mol. The summed E-state index contributed by atoms with van der Waals surface area (Å²) in [7, 11) is 3.11. The standard InChI is InChI=1S/C29H25Cl2N5O4/c1-32-29(39)20-9-6-18(7-10-20)8-13-25(37)33-16-26(38)36(2)23-12-11-22(30)21(27(23)31)17-40-24-5-3-4-19-14-15-34-35-28(19)24/h3-15H,16-17H2,1-2H3,(H,32,39)(H,33,37). The Morgan fingerprint density at radius 3 is 2.55 bits per heavy atom. The van der Waals surface area contributed by atoms with E-state index in [9.17, 15) is 14.4 Å². The molecule has 11 heteroatoms. The van der Waals surface area contributed by atoms with E-state index >= 15 is 0 Å². The molecule has 0 aliphatic rings. The summed E-state index contributed by atoms with van der Waals surface area (Å²) in [6, 6.07) is 17.3. The van der Waals surface area contributed by atoms with Crippen molar-refractivity contribution in [3.05, 3.63) is 99.7 Å². The molecule has 3 amide bonds. The van der Waals surface area contributed by atoms with E-state index < -0.39 is 11.8 Å². The van der Waals surface area contributed by atoms with Crippen LogP contribution in [-0.4, -0.2) is 48.6 Å². The van der Waals surface area contributed by atoms with Gasteiger partial charge in [0.2, 0.25) is 11.8 Å². The van der Waals surface area contributed by atoms with E-state index in [4.69, 9.17) is 27.9 Å². The first-order valence-corrected chi connectivity index (χ1v) is 12.9. The molecule has 4 aromatic rings. The van der Waals surface area contributed by atoms with Gasteiger partial charge in [0.05, 0.1) is 23.5 Å². The maximum atomic E-state index is 12.8. The van der Waals surface area contributed by atoms with Crippen LogP contribution in [0.1, 0.15) is 21.5 Å². The summed E-state index contributed by atoms with van der Waals surface area (Å²) < 4.78 is 5.97. The third-order valence-corrected chi connectivity index (χ3v) is 6.80. The van der Waals surface area contributed by atoms with Crippen molar-refractivity contribution in [2.24, 2.45) is 0 Å². The summed E-state index contributed by atoms with van der Waals surface area (Å²) in [4.78, 5) is 38.1. The molecule has 3 aromatic carbocycles. The number of halogens is 2. The number of carbonyl (C=O) groups is 3. The highest BCUT2D eigenvalue weighted by Gasteiger charge is 2.19. The van der Waals surface area contributed by atoms with Crippen molar-refractivity contribution < 1.29 is 19.1 Å². The number of carbonyl (C=O) groups excluding carboxylic acids is 3. The van der Waals surface area contributed by atoms with Crippen LogP contribution in [0.15, 0.2) is 72.9 Å². The number of rotatable bonds is 9. The van der Waals surface area contributed by atoms with Crippen molar-refractivity contribution in [1.29, 1.82) is 0 Å². The van der Waals surface area contributed by atoms with E-state index in [0.29, 0.717) is 33.1 Å². The third-order valence-electron chi connectivity index (χ3n) is 6.02. The second kappa shape index (κ2) is 13.1. The quantitative estimate of drug-likeness (QED) is 0.279. The molecule has 4 rings (SSSR count). The van der Waals surface area contributed by atoms with Crippen LogP contribution in [0.3, 0.4) is 0 Å². The molecule has 0 unspecified atom stereocenters. The number of amides is 3. The Kier molecular flexibility index (Phi) is 9.31. The zero-order valence-electron chi connectivity index (χ0n) is 21.7. The zero-order valence-corrected chi connectivity index (χ0v) is 23.2. The van der Waals surface area contributed by atoms with Gasteiger partial charge in [0.1, 0.15) is 17.9 Å². The molecule has 0 saturated carbocycles. The fourth-order valence-corrected chi connectivity index (χ4v) is 4.37. The Labute approximate surface area is 240 Å². The lowest BCUT2D eigenvalue weighted by Crippen LogP contribution is -2.37. The molecule has 0 fully saturated rings. The fourth-order valence-electron chi connectivity index (χ4n) is 3.76. The third kappa shape index (κ3) is 6.74. The first-order valence-electron chi connectivity index (χ1n) is 12.1. The molecule has 2 N–H and O–H groups in total. The maximum absolute atomic E-state index is 12.8. The molecule has 0 radical (unpaired) electrons. The number of likely N-dealkylation sites (N-methyl/N-ethyl adjacent to an activating group) is 1. The summed E-state index contributed by atoms with van der Waals surface area (Å²) in [5.74, 6) is -0.523. The minimum Gasteiger partial charge on any atom is -0.486 e. The van der Waals surface area contributed by atoms with Gasteiger partial charge in [-0.2, -0.15) is 5.10 Å². The highest BCUT2D eigenvalue weighted by Crippen LogP contribution is 2.35. The molecule has 0 saturated heterocycles. The number of ether oxygens (including phenoxy) is 1. The summed E-state index contributed by atoms with van der Waals surface area (Å²) in [6.45, 7) is -0.219. The highest BCUT2D eigenvalue weighted by molar-refractivity contribution is 6.38. The first kappa shape index (κ1) is 28.5. The van der Waals surface area contributed by atoms with Crippen molar-refractivity contribution in [3.8, 4) is 5.75 Å². The van der Waals surface area contributed by atoms with E-state index in [1.165, 1.54) is 11.0 Å². The van der Waals surface area contributed by atoms with Gasteiger partial charge in [-0.15, -0.1) is 5.10 Å². The monoisotopic (exact) mass is 577 g/mol. The molecule has 9 nitrogen and oxygen atoms in total. The second-order valence-electron chi connectivity index (χ2n) is 8.58. The molecule has 0 aliphatic carbocycles. The largest absolute Gasteiger partial charge is 0.486 e. The Hall–Kier alpha value is -4.47. The lowest BCUT2D eigenvalue weighted by atomic mass is 10.1. The average molecular weight is 578 g/mol. The van der Waals surface area contributed by atoms with Crippen LogP contribution in [0.2, 0.25) is 10.0 Å². The van der Waals surface area contributed by atoms with Crippen LogP contribution in [0.25, 0.3) is 17.0 Å². The maximum Gasteiger partial charge on any atom is 0.251 e. The number of nitrogens with zero attached hydrogens (tertiary/aromatic N) is 3. The summed E-state index contributed by atoms with van der Waals surface area (Å²) in [5, 5.41) is 14.7. The van der Waals surface area contributed by atoms with Gasteiger partial charge in [0, 0.05) is 41.7 Å². The van der Waals surface area contributed by atoms with Crippen LogP contribution in [0.4, 0.5) is 5.69 Å². The molecule has 0 atom stereocenters. The molecule has 40 heavy (non-hydrogen) atoms. The lowest BCUT2D eigenvalue weighted by molar-refractivity contribution is -0.122. The minimum atomic E-state index is -0.452. The number of hydrogen-bond acceptors (Lipinski definition) is 6. The van der Waals surface area contributed by atoms with Crippen molar-refractivity contribution in [2.75, 3.05) is 25.5 Å². The summed E-state index contributed by atoms with van der Waals surface area (Å²) in [6.07, 6.45) is 4.49. The predicted octanol–water partition coefficient (Wildman–Crippen LogP) is 4.67. The zero-order chi connectivity index (χ0) is 28.6. The molecule has 1 aromatic heterocycles. The minimum absolute atomic E-state index is 0.0366. The van der Waals surface area contributed by atoms with Crippen LogP contribution >= 0.6 is 23.2 Å². The van der Waals surface area contributed by atoms with Gasteiger partial charge in [0.25, 0.3) is 5.91 Å². The fraction of sp³-hybridized carbons (Fsp3) is 0.138. The van der Waals surface area contributed by atoms with Gasteiger partial charge < -0.3 is 20.3 Å². The van der Waals surface area contributed by atoms with E-state index in [1.54, 1.807) is 68.8 Å². The highest BCUT2D eigenvalue weighted by atomic mass is 35.5. The molecule has 0 aliphatic heterocycles. The Morgan fingerprint density at radius 2 is 1.80 bits per heavy atom. The smallest absolute Gasteiger partial charge is 0.251 e. The molecule has 0 spiro atoms. The van der Waals surface area contributed by atoms with E-state index in [-0.39, 0.29) is 24.1 Å². The van der Waals surface area contributed by atoms with Crippen LogP contribution in [0.5, 0.6) is 5.75 Å². The Morgan fingerprint density at radius 1 is 1.02 bits per heavy atom. The van der Waals surface area contributed by atoms with Crippen molar-refractivity contribution in [2.45, 2.75) is 6.61 Å². The first-order chi connectivity index (χ1) is 19.3. The topological polar surface area (TPSA) is 114 Å². The number of benzene rings is 3. The number of hydrogen-bond donors (Lipinski definition) is 2. The number of nitrogens with one attached hydrogen (secondary N) is 2. The van der Waals surface area contributed by atoms with Crippen LogP contribution in [0, 0.1) is 0 Å². The molecule has 1 heterocycles. The van der Waals surface area contributed by atoms with Gasteiger partial charge in [-0.3, -0.25) is 14.4 Å². The second-order valence-corrected chi connectivity index (χ2v) is 9.36. The van der Waals surface area contributed by atoms with Crippen molar-refractivity contribution in [1.82, 2.24) is 20.8 Å². The van der Waals surface area contributed by atoms with Crippen molar-refractivity contribution >= 4 is 63.6 Å². The number of anilines is 1. The normalized spacial score (nSPS) is 10.9. The van der Waals surface area contributed by atoms with E-state index in [1.807, 2.05) is 18.2 Å². The summed E-state index contributed by atoms with van der Waals surface area (Å²) >= 11 is 13.1. The lowest BCUT2D eigenvalue weighted by Gasteiger charge is -2.21.